The molecule has 0 radical (unpaired) electrons. The number of hydrogen-bond acceptors (Lipinski definition) is 4. The zero-order chi connectivity index (χ0) is 13.0. The molecule has 1 N–H and O–H groups in total. The summed E-state index contributed by atoms with van der Waals surface area (Å²) in [4.78, 5) is 18.5. The SMILES string of the molecule is CC(C)COCCOc1cc(=O)[nH]c(C2CC2)n1. The fourth-order valence-corrected chi connectivity index (χ4v) is 1.60. The summed E-state index contributed by atoms with van der Waals surface area (Å²) in [5.41, 5.74) is -0.148. The van der Waals surface area contributed by atoms with Gasteiger partial charge in [0.1, 0.15) is 12.4 Å². The van der Waals surface area contributed by atoms with Crippen LogP contribution in [-0.4, -0.2) is 29.8 Å². The van der Waals surface area contributed by atoms with E-state index in [0.717, 1.165) is 25.3 Å². The molecule has 0 unspecified atom stereocenters. The van der Waals surface area contributed by atoms with Gasteiger partial charge in [0.15, 0.2) is 0 Å². The van der Waals surface area contributed by atoms with E-state index in [2.05, 4.69) is 23.8 Å². The molecule has 5 nitrogen and oxygen atoms in total. The first-order valence-electron chi connectivity index (χ1n) is 6.47. The van der Waals surface area contributed by atoms with Crippen LogP contribution in [0.3, 0.4) is 0 Å². The zero-order valence-electron chi connectivity index (χ0n) is 10.9. The summed E-state index contributed by atoms with van der Waals surface area (Å²) >= 11 is 0. The molecule has 1 saturated carbocycles. The van der Waals surface area contributed by atoms with E-state index in [9.17, 15) is 4.79 Å². The second-order valence-corrected chi connectivity index (χ2v) is 5.06. The van der Waals surface area contributed by atoms with Crippen molar-refractivity contribution < 1.29 is 9.47 Å². The summed E-state index contributed by atoms with van der Waals surface area (Å²) in [6, 6.07) is 1.38. The van der Waals surface area contributed by atoms with E-state index in [1.165, 1.54) is 6.07 Å². The number of H-pyrrole nitrogens is 1. The van der Waals surface area contributed by atoms with Crippen LogP contribution in [0.25, 0.3) is 0 Å². The van der Waals surface area contributed by atoms with Crippen LogP contribution in [0.1, 0.15) is 38.4 Å². The van der Waals surface area contributed by atoms with Crippen molar-refractivity contribution in [3.8, 4) is 5.88 Å². The average Bonchev–Trinajstić information content (AvgIpc) is 3.11. The third kappa shape index (κ3) is 4.14. The van der Waals surface area contributed by atoms with Gasteiger partial charge in [0.05, 0.1) is 12.7 Å². The smallest absolute Gasteiger partial charge is 0.254 e. The second-order valence-electron chi connectivity index (χ2n) is 5.06. The molecule has 1 aliphatic rings. The summed E-state index contributed by atoms with van der Waals surface area (Å²) in [5, 5.41) is 0. The van der Waals surface area contributed by atoms with Crippen molar-refractivity contribution in [2.75, 3.05) is 19.8 Å². The van der Waals surface area contributed by atoms with Crippen molar-refractivity contribution in [3.05, 3.63) is 22.2 Å². The van der Waals surface area contributed by atoms with E-state index in [4.69, 9.17) is 9.47 Å². The quantitative estimate of drug-likeness (QED) is 0.750. The highest BCUT2D eigenvalue weighted by molar-refractivity contribution is 5.13. The maximum Gasteiger partial charge on any atom is 0.254 e. The van der Waals surface area contributed by atoms with Gasteiger partial charge in [-0.05, 0) is 18.8 Å². The Balaban J connectivity index is 1.80. The number of aromatic amines is 1. The predicted molar refractivity (Wildman–Crippen MR) is 68.0 cm³/mol. The van der Waals surface area contributed by atoms with Crippen LogP contribution < -0.4 is 10.3 Å². The lowest BCUT2D eigenvalue weighted by Gasteiger charge is -2.08. The zero-order valence-corrected chi connectivity index (χ0v) is 10.9. The van der Waals surface area contributed by atoms with Gasteiger partial charge in [-0.2, -0.15) is 4.98 Å². The molecule has 0 aliphatic heterocycles. The van der Waals surface area contributed by atoms with Gasteiger partial charge in [-0.15, -0.1) is 0 Å². The van der Waals surface area contributed by atoms with Gasteiger partial charge in [0, 0.05) is 12.5 Å². The largest absolute Gasteiger partial charge is 0.475 e. The molecule has 5 heteroatoms. The molecule has 100 valence electrons. The summed E-state index contributed by atoms with van der Waals surface area (Å²) in [7, 11) is 0. The number of hydrogen-bond donors (Lipinski definition) is 1. The Labute approximate surface area is 107 Å². The van der Waals surface area contributed by atoms with Crippen LogP contribution in [-0.2, 0) is 4.74 Å². The number of nitrogens with zero attached hydrogens (tertiary/aromatic N) is 1. The van der Waals surface area contributed by atoms with Crippen LogP contribution in [0.15, 0.2) is 10.9 Å². The molecular formula is C13H20N2O3. The van der Waals surface area contributed by atoms with Gasteiger partial charge in [-0.1, -0.05) is 13.8 Å². The van der Waals surface area contributed by atoms with Crippen molar-refractivity contribution in [1.82, 2.24) is 9.97 Å². The lowest BCUT2D eigenvalue weighted by Crippen LogP contribution is -2.14. The van der Waals surface area contributed by atoms with Gasteiger partial charge in [-0.3, -0.25) is 4.79 Å². The first kappa shape index (κ1) is 13.1. The first-order chi connectivity index (χ1) is 8.65. The van der Waals surface area contributed by atoms with Crippen LogP contribution in [0.5, 0.6) is 5.88 Å². The molecular weight excluding hydrogens is 232 g/mol. The molecule has 2 rings (SSSR count). The average molecular weight is 252 g/mol. The second kappa shape index (κ2) is 6.00. The molecule has 0 amide bonds. The summed E-state index contributed by atoms with van der Waals surface area (Å²) in [6.07, 6.45) is 2.20. The number of rotatable bonds is 7. The number of aromatic nitrogens is 2. The van der Waals surface area contributed by atoms with Gasteiger partial charge >= 0.3 is 0 Å². The fraction of sp³-hybridized carbons (Fsp3) is 0.692. The van der Waals surface area contributed by atoms with Gasteiger partial charge in [-0.25, -0.2) is 0 Å². The molecule has 1 aromatic heterocycles. The van der Waals surface area contributed by atoms with Crippen molar-refractivity contribution in [2.45, 2.75) is 32.6 Å². The third-order valence-corrected chi connectivity index (χ3v) is 2.63. The van der Waals surface area contributed by atoms with Crippen molar-refractivity contribution in [2.24, 2.45) is 5.92 Å². The molecule has 18 heavy (non-hydrogen) atoms. The maximum atomic E-state index is 11.4. The molecule has 0 bridgehead atoms. The predicted octanol–water partition coefficient (Wildman–Crippen LogP) is 1.70. The molecule has 1 aromatic rings. The Morgan fingerprint density at radius 1 is 1.44 bits per heavy atom. The van der Waals surface area contributed by atoms with Crippen molar-refractivity contribution in [1.29, 1.82) is 0 Å². The summed E-state index contributed by atoms with van der Waals surface area (Å²) in [6.45, 7) is 5.86. The van der Waals surface area contributed by atoms with E-state index in [0.29, 0.717) is 30.9 Å². The topological polar surface area (TPSA) is 64.2 Å². The van der Waals surface area contributed by atoms with E-state index >= 15 is 0 Å². The Bertz CT molecular complexity index is 438. The highest BCUT2D eigenvalue weighted by atomic mass is 16.5. The number of ether oxygens (including phenoxy) is 2. The Morgan fingerprint density at radius 2 is 2.22 bits per heavy atom. The molecule has 0 saturated heterocycles. The van der Waals surface area contributed by atoms with Crippen LogP contribution >= 0.6 is 0 Å². The Morgan fingerprint density at radius 3 is 2.89 bits per heavy atom. The lowest BCUT2D eigenvalue weighted by atomic mass is 10.2. The number of nitrogens with one attached hydrogen (secondary N) is 1. The normalized spacial score (nSPS) is 15.1. The fourth-order valence-electron chi connectivity index (χ4n) is 1.60. The minimum absolute atomic E-state index is 0.148. The van der Waals surface area contributed by atoms with Crippen LogP contribution in [0, 0.1) is 5.92 Å². The van der Waals surface area contributed by atoms with E-state index in [-0.39, 0.29) is 5.56 Å². The first-order valence-corrected chi connectivity index (χ1v) is 6.47. The molecule has 1 aliphatic carbocycles. The Kier molecular flexibility index (Phi) is 4.36. The minimum atomic E-state index is -0.148. The third-order valence-electron chi connectivity index (χ3n) is 2.63. The van der Waals surface area contributed by atoms with E-state index < -0.39 is 0 Å². The molecule has 0 spiro atoms. The molecule has 1 heterocycles. The van der Waals surface area contributed by atoms with Crippen LogP contribution in [0.4, 0.5) is 0 Å². The van der Waals surface area contributed by atoms with E-state index in [1.54, 1.807) is 0 Å². The monoisotopic (exact) mass is 252 g/mol. The van der Waals surface area contributed by atoms with Gasteiger partial charge in [0.25, 0.3) is 5.56 Å². The van der Waals surface area contributed by atoms with Crippen LogP contribution in [0.2, 0.25) is 0 Å². The summed E-state index contributed by atoms with van der Waals surface area (Å²) in [5.74, 6) is 2.08. The molecule has 0 aromatic carbocycles. The maximum absolute atomic E-state index is 11.4. The highest BCUT2D eigenvalue weighted by Gasteiger charge is 2.26. The molecule has 1 fully saturated rings. The molecule has 0 atom stereocenters. The van der Waals surface area contributed by atoms with Gasteiger partial charge < -0.3 is 14.5 Å². The van der Waals surface area contributed by atoms with Crippen molar-refractivity contribution in [3.63, 3.8) is 0 Å². The highest BCUT2D eigenvalue weighted by Crippen LogP contribution is 2.37. The minimum Gasteiger partial charge on any atom is -0.475 e. The van der Waals surface area contributed by atoms with E-state index in [1.807, 2.05) is 0 Å². The summed E-state index contributed by atoms with van der Waals surface area (Å²) < 4.78 is 10.8. The lowest BCUT2D eigenvalue weighted by molar-refractivity contribution is 0.0805. The van der Waals surface area contributed by atoms with Gasteiger partial charge in [0.2, 0.25) is 5.88 Å². The Hall–Kier alpha value is -1.36. The standard InChI is InChI=1S/C13H20N2O3/c1-9(2)8-17-5-6-18-12-7-11(16)14-13(15-12)10-3-4-10/h7,9-10H,3-6,8H2,1-2H3,(H,14,15,16). The van der Waals surface area contributed by atoms with Crippen molar-refractivity contribution >= 4 is 0 Å².